The average molecular weight is 420 g/mol. The fourth-order valence-corrected chi connectivity index (χ4v) is 3.82. The Morgan fingerprint density at radius 3 is 2.67 bits per heavy atom. The first-order chi connectivity index (χ1) is 14.5. The number of hydrogen-bond acceptors (Lipinski definition) is 5. The van der Waals surface area contributed by atoms with Gasteiger partial charge in [0.15, 0.2) is 5.65 Å². The molecular weight excluding hydrogens is 398 g/mol. The van der Waals surface area contributed by atoms with Crippen LogP contribution in [0.4, 0.5) is 0 Å². The molecule has 152 valence electrons. The van der Waals surface area contributed by atoms with Gasteiger partial charge in [0.05, 0.1) is 17.6 Å². The normalized spacial score (nSPS) is 11.0. The summed E-state index contributed by atoms with van der Waals surface area (Å²) in [5, 5.41) is 4.67. The minimum atomic E-state index is -0.364. The summed E-state index contributed by atoms with van der Waals surface area (Å²) in [5.41, 5.74) is 6.97. The molecule has 4 aromatic rings. The van der Waals surface area contributed by atoms with Crippen LogP contribution in [-0.4, -0.2) is 31.1 Å². The number of carbonyl (C=O) groups excluding carboxylic acids is 1. The maximum absolute atomic E-state index is 12.8. The highest BCUT2D eigenvalue weighted by Gasteiger charge is 2.13. The summed E-state index contributed by atoms with van der Waals surface area (Å²) in [4.78, 5) is 29.4. The molecule has 0 radical (unpaired) electrons. The lowest BCUT2D eigenvalue weighted by atomic mass is 10.1. The molecule has 2 heterocycles. The molecule has 0 aliphatic carbocycles. The van der Waals surface area contributed by atoms with Crippen LogP contribution in [-0.2, 0) is 10.5 Å². The maximum Gasteiger partial charge on any atom is 0.283 e. The highest BCUT2D eigenvalue weighted by Crippen LogP contribution is 2.17. The first kappa shape index (κ1) is 19.9. The minimum absolute atomic E-state index is 0.237. The van der Waals surface area contributed by atoms with E-state index in [2.05, 4.69) is 15.5 Å². The zero-order chi connectivity index (χ0) is 21.1. The zero-order valence-electron chi connectivity index (χ0n) is 16.7. The highest BCUT2D eigenvalue weighted by atomic mass is 32.2. The second-order valence-corrected chi connectivity index (χ2v) is 7.98. The molecule has 0 saturated heterocycles. The van der Waals surface area contributed by atoms with E-state index in [1.807, 2.05) is 62.4 Å². The molecule has 0 saturated carbocycles. The number of thioether (sulfide) groups is 1. The molecule has 0 spiro atoms. The number of carbonyl (C=O) groups is 1. The third-order valence-corrected chi connectivity index (χ3v) is 5.82. The second kappa shape index (κ2) is 8.54. The van der Waals surface area contributed by atoms with Gasteiger partial charge in [-0.2, -0.15) is 5.10 Å². The summed E-state index contributed by atoms with van der Waals surface area (Å²) in [6, 6.07) is 15.9. The van der Waals surface area contributed by atoms with Crippen molar-refractivity contribution in [3.8, 4) is 5.69 Å². The molecule has 0 atom stereocenters. The number of hydrogen-bond donors (Lipinski definition) is 1. The van der Waals surface area contributed by atoms with Gasteiger partial charge in [-0.15, -0.1) is 11.8 Å². The second-order valence-electron chi connectivity index (χ2n) is 7.00. The van der Waals surface area contributed by atoms with E-state index < -0.39 is 0 Å². The Balaban J connectivity index is 1.49. The van der Waals surface area contributed by atoms with Crippen LogP contribution in [0.1, 0.15) is 16.7 Å². The van der Waals surface area contributed by atoms with Crippen LogP contribution in [0.2, 0.25) is 0 Å². The number of amides is 1. The van der Waals surface area contributed by atoms with Crippen molar-refractivity contribution >= 4 is 28.7 Å². The summed E-state index contributed by atoms with van der Waals surface area (Å²) in [5.74, 6) is 0.700. The Morgan fingerprint density at radius 2 is 1.90 bits per heavy atom. The fraction of sp³-hybridized carbons (Fsp3) is 0.182. The van der Waals surface area contributed by atoms with Gasteiger partial charge in [0.25, 0.3) is 5.56 Å². The standard InChI is InChI=1S/C22H21N5O2S/c1-15-8-9-18(10-16(15)2)27-21-19(11-24-27)22(29)26(14-23-21)25-20(28)13-30-12-17-6-4-3-5-7-17/h3-11,14H,12-13H2,1-2H3,(H,25,28). The monoisotopic (exact) mass is 419 g/mol. The average Bonchev–Trinajstić information content (AvgIpc) is 3.18. The molecule has 4 rings (SSSR count). The zero-order valence-corrected chi connectivity index (χ0v) is 17.5. The molecule has 0 unspecified atom stereocenters. The molecular formula is C22H21N5O2S. The number of nitrogens with zero attached hydrogens (tertiary/aromatic N) is 4. The van der Waals surface area contributed by atoms with Gasteiger partial charge in [0, 0.05) is 5.75 Å². The van der Waals surface area contributed by atoms with E-state index in [1.165, 1.54) is 29.8 Å². The molecule has 30 heavy (non-hydrogen) atoms. The number of fused-ring (bicyclic) bond motifs is 1. The van der Waals surface area contributed by atoms with Crippen molar-refractivity contribution in [1.82, 2.24) is 19.4 Å². The molecule has 0 aliphatic rings. The molecule has 2 aromatic carbocycles. The lowest BCUT2D eigenvalue weighted by Gasteiger charge is -2.09. The van der Waals surface area contributed by atoms with Crippen LogP contribution in [0.5, 0.6) is 0 Å². The third-order valence-electron chi connectivity index (χ3n) is 4.81. The number of rotatable bonds is 6. The van der Waals surface area contributed by atoms with E-state index in [0.29, 0.717) is 11.0 Å². The van der Waals surface area contributed by atoms with Crippen LogP contribution in [0.3, 0.4) is 0 Å². The Kier molecular flexibility index (Phi) is 5.67. The lowest BCUT2D eigenvalue weighted by Crippen LogP contribution is -2.34. The van der Waals surface area contributed by atoms with Crippen LogP contribution in [0.25, 0.3) is 16.7 Å². The van der Waals surface area contributed by atoms with Crippen molar-refractivity contribution in [3.05, 3.63) is 88.1 Å². The number of nitrogens with one attached hydrogen (secondary N) is 1. The van der Waals surface area contributed by atoms with E-state index in [-0.39, 0.29) is 17.2 Å². The largest absolute Gasteiger partial charge is 0.283 e. The van der Waals surface area contributed by atoms with Crippen LogP contribution >= 0.6 is 11.8 Å². The van der Waals surface area contributed by atoms with E-state index in [0.717, 1.165) is 27.2 Å². The van der Waals surface area contributed by atoms with Gasteiger partial charge >= 0.3 is 0 Å². The van der Waals surface area contributed by atoms with E-state index in [4.69, 9.17) is 0 Å². The fourth-order valence-electron chi connectivity index (χ4n) is 3.04. The summed E-state index contributed by atoms with van der Waals surface area (Å²) >= 11 is 1.48. The SMILES string of the molecule is Cc1ccc(-n2ncc3c(=O)n(NC(=O)CSCc4ccccc4)cnc32)cc1C. The molecule has 2 aromatic heterocycles. The highest BCUT2D eigenvalue weighted by molar-refractivity contribution is 7.99. The first-order valence-electron chi connectivity index (χ1n) is 9.47. The van der Waals surface area contributed by atoms with Gasteiger partial charge < -0.3 is 0 Å². The maximum atomic E-state index is 12.8. The summed E-state index contributed by atoms with van der Waals surface area (Å²) in [6.07, 6.45) is 2.80. The topological polar surface area (TPSA) is 81.8 Å². The van der Waals surface area contributed by atoms with Gasteiger partial charge in [-0.3, -0.25) is 15.0 Å². The molecule has 1 N–H and O–H groups in total. The predicted molar refractivity (Wildman–Crippen MR) is 120 cm³/mol. The number of aromatic nitrogens is 4. The van der Waals surface area contributed by atoms with Gasteiger partial charge in [-0.25, -0.2) is 14.3 Å². The molecule has 7 nitrogen and oxygen atoms in total. The molecule has 1 amide bonds. The van der Waals surface area contributed by atoms with E-state index in [9.17, 15) is 9.59 Å². The lowest BCUT2D eigenvalue weighted by molar-refractivity contribution is -0.114. The Labute approximate surface area is 177 Å². The van der Waals surface area contributed by atoms with Crippen molar-refractivity contribution in [2.45, 2.75) is 19.6 Å². The Bertz CT molecular complexity index is 1260. The van der Waals surface area contributed by atoms with E-state index in [1.54, 1.807) is 4.68 Å². The minimum Gasteiger partial charge on any atom is -0.272 e. The molecule has 8 heteroatoms. The summed E-state index contributed by atoms with van der Waals surface area (Å²) in [6.45, 7) is 4.06. The Hall–Kier alpha value is -3.39. The number of aryl methyl sites for hydroxylation is 2. The molecule has 0 aliphatic heterocycles. The first-order valence-corrected chi connectivity index (χ1v) is 10.6. The van der Waals surface area contributed by atoms with Gasteiger partial charge in [-0.1, -0.05) is 36.4 Å². The van der Waals surface area contributed by atoms with Crippen molar-refractivity contribution in [1.29, 1.82) is 0 Å². The van der Waals surface area contributed by atoms with Crippen molar-refractivity contribution < 1.29 is 4.79 Å². The van der Waals surface area contributed by atoms with Crippen LogP contribution in [0, 0.1) is 13.8 Å². The van der Waals surface area contributed by atoms with Crippen LogP contribution in [0.15, 0.2) is 65.8 Å². The Morgan fingerprint density at radius 1 is 1.10 bits per heavy atom. The summed E-state index contributed by atoms with van der Waals surface area (Å²) in [7, 11) is 0. The van der Waals surface area contributed by atoms with Gasteiger partial charge in [0.1, 0.15) is 11.7 Å². The molecule has 0 fully saturated rings. The quantitative estimate of drug-likeness (QED) is 0.519. The van der Waals surface area contributed by atoms with Crippen LogP contribution < -0.4 is 11.0 Å². The third kappa shape index (κ3) is 4.13. The molecule has 0 bridgehead atoms. The smallest absolute Gasteiger partial charge is 0.272 e. The van der Waals surface area contributed by atoms with E-state index >= 15 is 0 Å². The number of benzene rings is 2. The predicted octanol–water partition coefficient (Wildman–Crippen LogP) is 3.20. The van der Waals surface area contributed by atoms with Gasteiger partial charge in [-0.05, 0) is 42.7 Å². The van der Waals surface area contributed by atoms with Gasteiger partial charge in [0.2, 0.25) is 5.91 Å². The van der Waals surface area contributed by atoms with Crippen molar-refractivity contribution in [2.24, 2.45) is 0 Å². The van der Waals surface area contributed by atoms with Crippen molar-refractivity contribution in [2.75, 3.05) is 11.2 Å². The van der Waals surface area contributed by atoms with Crippen molar-refractivity contribution in [3.63, 3.8) is 0 Å². The summed E-state index contributed by atoms with van der Waals surface area (Å²) < 4.78 is 2.74.